The lowest BCUT2D eigenvalue weighted by Crippen LogP contribution is -2.28. The Morgan fingerprint density at radius 1 is 0.702 bits per heavy atom. The molecule has 0 bridgehead atoms. The van der Waals surface area contributed by atoms with E-state index in [0.29, 0.717) is 23.7 Å². The quantitative estimate of drug-likeness (QED) is 0.169. The molecule has 4 aliphatic rings. The fraction of sp³-hybridized carbons (Fsp3) is 0.137. The molecule has 1 aromatic heterocycles. The molecule has 2 heterocycles. The fourth-order valence-corrected chi connectivity index (χ4v) is 8.97. The van der Waals surface area contributed by atoms with E-state index in [4.69, 9.17) is 9.15 Å². The molecule has 4 nitrogen and oxygen atoms in total. The SMILES string of the molecule is CC1C=CC(N(C2=CC=CCC2F)c2ccc3cc4c5c(oc4cc3c2)C2c3cc4ccc(N(c6ccccc6)c6ccccc6F)cc4cc3OC2C=C5)=CC1. The molecule has 1 aliphatic heterocycles. The van der Waals surface area contributed by atoms with Gasteiger partial charge < -0.3 is 19.0 Å². The summed E-state index contributed by atoms with van der Waals surface area (Å²) < 4.78 is 44.2. The molecule has 0 fully saturated rings. The summed E-state index contributed by atoms with van der Waals surface area (Å²) in [5, 5.41) is 5.24. The molecule has 57 heavy (non-hydrogen) atoms. The zero-order valence-corrected chi connectivity index (χ0v) is 31.3. The van der Waals surface area contributed by atoms with Gasteiger partial charge in [0.1, 0.15) is 35.2 Å². The Bertz CT molecular complexity index is 2920. The van der Waals surface area contributed by atoms with Gasteiger partial charge in [-0.1, -0.05) is 79.8 Å². The van der Waals surface area contributed by atoms with Gasteiger partial charge in [0.15, 0.2) is 0 Å². The largest absolute Gasteiger partial charge is 0.485 e. The first-order valence-corrected chi connectivity index (χ1v) is 19.7. The van der Waals surface area contributed by atoms with Crippen molar-refractivity contribution in [3.05, 3.63) is 192 Å². The highest BCUT2D eigenvalue weighted by Gasteiger charge is 2.41. The maximum absolute atomic E-state index is 15.5. The van der Waals surface area contributed by atoms with Crippen LogP contribution in [0.3, 0.4) is 0 Å². The van der Waals surface area contributed by atoms with Gasteiger partial charge in [0.2, 0.25) is 0 Å². The van der Waals surface area contributed by atoms with Crippen molar-refractivity contribution < 1.29 is 17.9 Å². The van der Waals surface area contributed by atoms with Crippen molar-refractivity contribution in [3.63, 3.8) is 0 Å². The standard InChI is InChI=1S/C51H38F2N2O2/c1-31-15-19-37(20-16-31)55(46-14-8-6-12-44(46)53)39-21-17-32-27-41-40-23-24-47-50(51(40)57-48(41)29-34(32)25-39)42-28-33-18-22-38(26-35(33)30-49(42)56-47)54(36-9-3-2-4-10-36)45-13-7-5-11-43(45)52/h2-11,13-15,17-31,44,47,50H,12,16H2,1H3. The van der Waals surface area contributed by atoms with Crippen LogP contribution in [0.5, 0.6) is 5.75 Å². The van der Waals surface area contributed by atoms with Crippen molar-refractivity contribution >= 4 is 61.3 Å². The van der Waals surface area contributed by atoms with E-state index in [1.165, 1.54) is 6.07 Å². The number of hydrogen-bond acceptors (Lipinski definition) is 4. The molecule has 0 radical (unpaired) electrons. The molecule has 278 valence electrons. The average Bonchev–Trinajstić information content (AvgIpc) is 3.78. The van der Waals surface area contributed by atoms with Crippen molar-refractivity contribution in [2.24, 2.45) is 5.92 Å². The highest BCUT2D eigenvalue weighted by atomic mass is 19.1. The normalized spacial score (nSPS) is 20.5. The summed E-state index contributed by atoms with van der Waals surface area (Å²) in [6.45, 7) is 2.20. The number of rotatable bonds is 6. The van der Waals surface area contributed by atoms with Crippen LogP contribution >= 0.6 is 0 Å². The van der Waals surface area contributed by atoms with Crippen molar-refractivity contribution in [1.29, 1.82) is 0 Å². The predicted molar refractivity (Wildman–Crippen MR) is 228 cm³/mol. The Balaban J connectivity index is 0.973. The zero-order valence-electron chi connectivity index (χ0n) is 31.3. The third-order valence-corrected chi connectivity index (χ3v) is 11.8. The maximum Gasteiger partial charge on any atom is 0.147 e. The van der Waals surface area contributed by atoms with Crippen LogP contribution in [0.2, 0.25) is 0 Å². The Labute approximate surface area is 329 Å². The van der Waals surface area contributed by atoms with Gasteiger partial charge in [0, 0.05) is 45.7 Å². The third kappa shape index (κ3) is 5.61. The number of furan rings is 1. The van der Waals surface area contributed by atoms with Crippen molar-refractivity contribution in [1.82, 2.24) is 0 Å². The molecule has 4 atom stereocenters. The number of alkyl halides is 1. The lowest BCUT2D eigenvalue weighted by molar-refractivity contribution is 0.256. The van der Waals surface area contributed by atoms with Crippen LogP contribution in [0.1, 0.15) is 42.6 Å². The number of anilines is 4. The second kappa shape index (κ2) is 13.2. The van der Waals surface area contributed by atoms with Crippen molar-refractivity contribution in [2.75, 3.05) is 9.80 Å². The first-order valence-electron chi connectivity index (χ1n) is 19.7. The second-order valence-corrected chi connectivity index (χ2v) is 15.5. The van der Waals surface area contributed by atoms with Crippen LogP contribution in [-0.2, 0) is 0 Å². The van der Waals surface area contributed by atoms with E-state index in [1.54, 1.807) is 12.1 Å². The smallest absolute Gasteiger partial charge is 0.147 e. The zero-order chi connectivity index (χ0) is 38.2. The van der Waals surface area contributed by atoms with E-state index >= 15 is 8.78 Å². The molecule has 3 aliphatic carbocycles. The number of halogens is 2. The minimum absolute atomic E-state index is 0.106. The summed E-state index contributed by atoms with van der Waals surface area (Å²) in [5.41, 5.74) is 7.72. The highest BCUT2D eigenvalue weighted by Crippen LogP contribution is 2.51. The summed E-state index contributed by atoms with van der Waals surface area (Å²) >= 11 is 0. The molecule has 0 saturated heterocycles. The first-order chi connectivity index (χ1) is 28.0. The van der Waals surface area contributed by atoms with Crippen LogP contribution in [0.15, 0.2) is 174 Å². The van der Waals surface area contributed by atoms with E-state index < -0.39 is 6.17 Å². The Kier molecular flexibility index (Phi) is 7.81. The second-order valence-electron chi connectivity index (χ2n) is 15.5. The van der Waals surface area contributed by atoms with Gasteiger partial charge in [-0.3, -0.25) is 0 Å². The molecule has 6 heteroatoms. The number of para-hydroxylation sites is 2. The number of nitrogens with zero attached hydrogens (tertiary/aromatic N) is 2. The van der Waals surface area contributed by atoms with E-state index in [-0.39, 0.29) is 17.8 Å². The average molecular weight is 749 g/mol. The van der Waals surface area contributed by atoms with E-state index in [9.17, 15) is 0 Å². The maximum atomic E-state index is 15.5. The van der Waals surface area contributed by atoms with Gasteiger partial charge in [-0.25, -0.2) is 8.78 Å². The summed E-state index contributed by atoms with van der Waals surface area (Å²) in [5.74, 6) is 1.76. The van der Waals surface area contributed by atoms with Gasteiger partial charge in [-0.15, -0.1) is 0 Å². The molecule has 0 saturated carbocycles. The summed E-state index contributed by atoms with van der Waals surface area (Å²) in [6.07, 6.45) is 16.5. The van der Waals surface area contributed by atoms with Crippen LogP contribution in [-0.4, -0.2) is 12.3 Å². The predicted octanol–water partition coefficient (Wildman–Crippen LogP) is 13.7. The lowest BCUT2D eigenvalue weighted by atomic mass is 9.85. The van der Waals surface area contributed by atoms with Crippen LogP contribution in [0.4, 0.5) is 31.5 Å². The Morgan fingerprint density at radius 3 is 2.26 bits per heavy atom. The number of fused-ring (bicyclic) bond motifs is 9. The van der Waals surface area contributed by atoms with E-state index in [2.05, 4.69) is 96.8 Å². The minimum Gasteiger partial charge on any atom is -0.485 e. The number of allylic oxidation sites excluding steroid dienone is 7. The van der Waals surface area contributed by atoms with Crippen LogP contribution in [0, 0.1) is 11.7 Å². The molecule has 6 aromatic carbocycles. The molecular formula is C51H38F2N2O2. The summed E-state index contributed by atoms with van der Waals surface area (Å²) in [7, 11) is 0. The monoisotopic (exact) mass is 748 g/mol. The topological polar surface area (TPSA) is 28.9 Å². The number of ether oxygens (including phenoxy) is 1. The van der Waals surface area contributed by atoms with Crippen LogP contribution < -0.4 is 14.5 Å². The van der Waals surface area contributed by atoms with Gasteiger partial charge in [0.25, 0.3) is 0 Å². The third-order valence-electron chi connectivity index (χ3n) is 11.8. The lowest BCUT2D eigenvalue weighted by Gasteiger charge is -2.33. The fourth-order valence-electron chi connectivity index (χ4n) is 8.97. The summed E-state index contributed by atoms with van der Waals surface area (Å²) in [6, 6.07) is 38.0. The Hall–Kier alpha value is -6.66. The number of benzene rings is 6. The molecular weight excluding hydrogens is 711 g/mol. The van der Waals surface area contributed by atoms with Crippen molar-refractivity contribution in [3.8, 4) is 5.75 Å². The molecule has 0 amide bonds. The number of hydrogen-bond donors (Lipinski definition) is 0. The van der Waals surface area contributed by atoms with Gasteiger partial charge in [-0.2, -0.15) is 0 Å². The highest BCUT2D eigenvalue weighted by molar-refractivity contribution is 6.02. The van der Waals surface area contributed by atoms with Gasteiger partial charge in [0.05, 0.1) is 17.3 Å². The van der Waals surface area contributed by atoms with Crippen LogP contribution in [0.25, 0.3) is 38.6 Å². The Morgan fingerprint density at radius 2 is 1.47 bits per heavy atom. The van der Waals surface area contributed by atoms with Gasteiger partial charge in [-0.05, 0) is 125 Å². The molecule has 11 rings (SSSR count). The van der Waals surface area contributed by atoms with Gasteiger partial charge >= 0.3 is 0 Å². The minimum atomic E-state index is -1.09. The molecule has 0 N–H and O–H groups in total. The molecule has 0 spiro atoms. The first kappa shape index (κ1) is 33.7. The van der Waals surface area contributed by atoms with E-state index in [0.717, 1.165) is 84.3 Å². The molecule has 7 aromatic rings. The van der Waals surface area contributed by atoms with E-state index in [1.807, 2.05) is 65.6 Å². The molecule has 4 unspecified atom stereocenters. The summed E-state index contributed by atoms with van der Waals surface area (Å²) in [4.78, 5) is 4.02. The van der Waals surface area contributed by atoms with Crippen molar-refractivity contribution in [2.45, 2.75) is 38.0 Å².